The lowest BCUT2D eigenvalue weighted by molar-refractivity contribution is -0.123. The number of rotatable bonds is 9. The standard InChI is InChI=1S/C18H36N2O/c1-15(2)8-6-5-7-9-17-10-12-20(13-11-17)14-18(21)19-16(3)4/h15-17H,5-14H2,1-4H3,(H,19,21). The van der Waals surface area contributed by atoms with Gasteiger partial charge < -0.3 is 5.32 Å². The molecule has 0 radical (unpaired) electrons. The Bertz CT molecular complexity index is 281. The van der Waals surface area contributed by atoms with Crippen molar-refractivity contribution in [3.05, 3.63) is 0 Å². The van der Waals surface area contributed by atoms with E-state index < -0.39 is 0 Å². The largest absolute Gasteiger partial charge is 0.353 e. The van der Waals surface area contributed by atoms with Crippen LogP contribution in [-0.4, -0.2) is 36.5 Å². The van der Waals surface area contributed by atoms with Crippen molar-refractivity contribution >= 4 is 5.91 Å². The van der Waals surface area contributed by atoms with E-state index >= 15 is 0 Å². The zero-order chi connectivity index (χ0) is 15.7. The molecule has 1 N–H and O–H groups in total. The van der Waals surface area contributed by atoms with Gasteiger partial charge in [-0.2, -0.15) is 0 Å². The van der Waals surface area contributed by atoms with Crippen molar-refractivity contribution in [3.63, 3.8) is 0 Å². The molecule has 0 aromatic rings. The minimum absolute atomic E-state index is 0.178. The molecule has 0 saturated carbocycles. The molecule has 1 fully saturated rings. The summed E-state index contributed by atoms with van der Waals surface area (Å²) >= 11 is 0. The summed E-state index contributed by atoms with van der Waals surface area (Å²) in [7, 11) is 0. The maximum atomic E-state index is 11.7. The third-order valence-corrected chi connectivity index (χ3v) is 4.42. The Kier molecular flexibility index (Phi) is 8.98. The van der Waals surface area contributed by atoms with Crippen molar-refractivity contribution in [3.8, 4) is 0 Å². The Morgan fingerprint density at radius 2 is 1.76 bits per heavy atom. The minimum atomic E-state index is 0.178. The summed E-state index contributed by atoms with van der Waals surface area (Å²) in [5, 5.41) is 2.98. The second kappa shape index (κ2) is 10.2. The van der Waals surface area contributed by atoms with Crippen LogP contribution in [0, 0.1) is 11.8 Å². The number of nitrogens with zero attached hydrogens (tertiary/aromatic N) is 1. The molecule has 0 bridgehead atoms. The number of unbranched alkanes of at least 4 members (excludes halogenated alkanes) is 2. The average Bonchev–Trinajstić information content (AvgIpc) is 2.39. The lowest BCUT2D eigenvalue weighted by Gasteiger charge is -2.31. The normalized spacial score (nSPS) is 17.6. The molecule has 1 rings (SSSR count). The summed E-state index contributed by atoms with van der Waals surface area (Å²) < 4.78 is 0. The van der Waals surface area contributed by atoms with Gasteiger partial charge in [-0.3, -0.25) is 9.69 Å². The Labute approximate surface area is 131 Å². The quantitative estimate of drug-likeness (QED) is 0.656. The van der Waals surface area contributed by atoms with Gasteiger partial charge in [0.05, 0.1) is 6.54 Å². The summed E-state index contributed by atoms with van der Waals surface area (Å²) in [6, 6.07) is 0.251. The van der Waals surface area contributed by atoms with E-state index in [0.717, 1.165) is 24.9 Å². The summed E-state index contributed by atoms with van der Waals surface area (Å²) in [5.41, 5.74) is 0. The Morgan fingerprint density at radius 1 is 1.10 bits per heavy atom. The fourth-order valence-corrected chi connectivity index (χ4v) is 3.17. The minimum Gasteiger partial charge on any atom is -0.353 e. The maximum absolute atomic E-state index is 11.7. The van der Waals surface area contributed by atoms with Crippen LogP contribution in [0.15, 0.2) is 0 Å². The fourth-order valence-electron chi connectivity index (χ4n) is 3.17. The van der Waals surface area contributed by atoms with E-state index in [0.29, 0.717) is 6.54 Å². The van der Waals surface area contributed by atoms with Gasteiger partial charge in [-0.25, -0.2) is 0 Å². The first-order valence-corrected chi connectivity index (χ1v) is 8.99. The van der Waals surface area contributed by atoms with Gasteiger partial charge in [0.25, 0.3) is 0 Å². The van der Waals surface area contributed by atoms with Gasteiger partial charge in [0.15, 0.2) is 0 Å². The Hall–Kier alpha value is -0.570. The van der Waals surface area contributed by atoms with E-state index in [4.69, 9.17) is 0 Å². The lowest BCUT2D eigenvalue weighted by atomic mass is 9.91. The van der Waals surface area contributed by atoms with Crippen molar-refractivity contribution in [1.29, 1.82) is 0 Å². The van der Waals surface area contributed by atoms with Crippen LogP contribution in [0.5, 0.6) is 0 Å². The number of likely N-dealkylation sites (tertiary alicyclic amines) is 1. The smallest absolute Gasteiger partial charge is 0.234 e. The highest BCUT2D eigenvalue weighted by Gasteiger charge is 2.20. The van der Waals surface area contributed by atoms with Crippen LogP contribution in [-0.2, 0) is 4.79 Å². The highest BCUT2D eigenvalue weighted by Crippen LogP contribution is 2.23. The first kappa shape index (κ1) is 18.5. The van der Waals surface area contributed by atoms with Crippen LogP contribution in [0.1, 0.15) is 72.6 Å². The molecular formula is C18H36N2O. The summed E-state index contributed by atoms with van der Waals surface area (Å²) in [6.07, 6.45) is 9.51. The molecule has 21 heavy (non-hydrogen) atoms. The fraction of sp³-hybridized carbons (Fsp3) is 0.944. The van der Waals surface area contributed by atoms with Gasteiger partial charge in [-0.1, -0.05) is 46.0 Å². The molecular weight excluding hydrogens is 260 g/mol. The molecule has 0 spiro atoms. The van der Waals surface area contributed by atoms with Crippen molar-refractivity contribution in [2.24, 2.45) is 11.8 Å². The van der Waals surface area contributed by atoms with Gasteiger partial charge in [0.2, 0.25) is 5.91 Å². The van der Waals surface area contributed by atoms with Gasteiger partial charge in [0, 0.05) is 6.04 Å². The van der Waals surface area contributed by atoms with Crippen LogP contribution in [0.25, 0.3) is 0 Å². The third kappa shape index (κ3) is 9.13. The van der Waals surface area contributed by atoms with Gasteiger partial charge in [-0.05, 0) is 51.6 Å². The number of carbonyl (C=O) groups excluding carboxylic acids is 1. The van der Waals surface area contributed by atoms with E-state index in [9.17, 15) is 4.79 Å². The second-order valence-electron chi connectivity index (χ2n) is 7.47. The van der Waals surface area contributed by atoms with E-state index in [2.05, 4.69) is 24.1 Å². The molecule has 1 saturated heterocycles. The molecule has 124 valence electrons. The van der Waals surface area contributed by atoms with Crippen molar-refractivity contribution < 1.29 is 4.79 Å². The topological polar surface area (TPSA) is 32.3 Å². The second-order valence-corrected chi connectivity index (χ2v) is 7.47. The average molecular weight is 296 g/mol. The lowest BCUT2D eigenvalue weighted by Crippen LogP contribution is -2.43. The van der Waals surface area contributed by atoms with Crippen molar-refractivity contribution in [2.45, 2.75) is 78.7 Å². The molecule has 0 atom stereocenters. The first-order valence-electron chi connectivity index (χ1n) is 8.99. The van der Waals surface area contributed by atoms with Crippen LogP contribution in [0.2, 0.25) is 0 Å². The SMILES string of the molecule is CC(C)CCCCCC1CCN(CC(=O)NC(C)C)CC1. The molecule has 1 amide bonds. The predicted molar refractivity (Wildman–Crippen MR) is 90.4 cm³/mol. The van der Waals surface area contributed by atoms with E-state index in [1.165, 1.54) is 44.9 Å². The molecule has 1 aliphatic rings. The number of hydrogen-bond acceptors (Lipinski definition) is 2. The van der Waals surface area contributed by atoms with Crippen LogP contribution in [0.4, 0.5) is 0 Å². The molecule has 3 nitrogen and oxygen atoms in total. The number of hydrogen-bond donors (Lipinski definition) is 1. The molecule has 0 unspecified atom stereocenters. The van der Waals surface area contributed by atoms with Crippen LogP contribution < -0.4 is 5.32 Å². The Balaban J connectivity index is 2.05. The molecule has 0 aromatic carbocycles. The Morgan fingerprint density at radius 3 is 2.33 bits per heavy atom. The highest BCUT2D eigenvalue weighted by molar-refractivity contribution is 5.78. The van der Waals surface area contributed by atoms with Crippen LogP contribution in [0.3, 0.4) is 0 Å². The number of nitrogens with one attached hydrogen (secondary N) is 1. The summed E-state index contributed by atoms with van der Waals surface area (Å²) in [6.45, 7) is 11.4. The van der Waals surface area contributed by atoms with E-state index in [-0.39, 0.29) is 11.9 Å². The first-order chi connectivity index (χ1) is 9.97. The molecule has 0 aromatic heterocycles. The van der Waals surface area contributed by atoms with Gasteiger partial charge in [0.1, 0.15) is 0 Å². The molecule has 3 heteroatoms. The van der Waals surface area contributed by atoms with Gasteiger partial charge in [-0.15, -0.1) is 0 Å². The highest BCUT2D eigenvalue weighted by atomic mass is 16.2. The molecule has 1 aliphatic heterocycles. The van der Waals surface area contributed by atoms with Crippen molar-refractivity contribution in [2.75, 3.05) is 19.6 Å². The predicted octanol–water partition coefficient (Wildman–Crippen LogP) is 3.83. The zero-order valence-corrected chi connectivity index (χ0v) is 14.7. The monoisotopic (exact) mass is 296 g/mol. The third-order valence-electron chi connectivity index (χ3n) is 4.42. The molecule has 1 heterocycles. The number of piperidine rings is 1. The summed E-state index contributed by atoms with van der Waals surface area (Å²) in [5.74, 6) is 1.93. The number of carbonyl (C=O) groups is 1. The van der Waals surface area contributed by atoms with Crippen molar-refractivity contribution in [1.82, 2.24) is 10.2 Å². The van der Waals surface area contributed by atoms with Gasteiger partial charge >= 0.3 is 0 Å². The zero-order valence-electron chi connectivity index (χ0n) is 14.7. The van der Waals surface area contributed by atoms with Crippen LogP contribution >= 0.6 is 0 Å². The maximum Gasteiger partial charge on any atom is 0.234 e. The van der Waals surface area contributed by atoms with E-state index in [1.54, 1.807) is 0 Å². The number of amides is 1. The summed E-state index contributed by atoms with van der Waals surface area (Å²) in [4.78, 5) is 14.1. The van der Waals surface area contributed by atoms with E-state index in [1.807, 2.05) is 13.8 Å². The molecule has 0 aliphatic carbocycles.